The Balaban J connectivity index is 2.29. The number of aromatic nitrogens is 2. The largest absolute Gasteiger partial charge is 0.481 e. The number of carboxylic acid groups (broad SMARTS) is 1. The lowest BCUT2D eigenvalue weighted by Crippen LogP contribution is -2.16. The van der Waals surface area contributed by atoms with Crippen LogP contribution in [-0.4, -0.2) is 27.7 Å². The molecule has 0 aliphatic rings. The minimum Gasteiger partial charge on any atom is -0.481 e. The molecule has 1 N–H and O–H groups in total. The number of nitrogens with zero attached hydrogens (tertiary/aromatic N) is 2. The highest BCUT2D eigenvalue weighted by Gasteiger charge is 2.23. The van der Waals surface area contributed by atoms with Gasteiger partial charge in [-0.05, 0) is 31.4 Å². The van der Waals surface area contributed by atoms with E-state index < -0.39 is 11.9 Å². The number of carbonyl (C=O) groups is 1. The summed E-state index contributed by atoms with van der Waals surface area (Å²) in [6, 6.07) is 9.36. The summed E-state index contributed by atoms with van der Waals surface area (Å²) in [4.78, 5) is 19.6. The average molecular weight is 286 g/mol. The number of carboxylic acids is 1. The lowest BCUT2D eigenvalue weighted by atomic mass is 9.93. The predicted molar refractivity (Wildman–Crippen MR) is 78.5 cm³/mol. The van der Waals surface area contributed by atoms with E-state index in [-0.39, 0.29) is 0 Å². The highest BCUT2D eigenvalue weighted by Crippen LogP contribution is 2.23. The Morgan fingerprint density at radius 3 is 2.76 bits per heavy atom. The zero-order chi connectivity index (χ0) is 15.2. The Kier molecular flexibility index (Phi) is 4.87. The standard InChI is InChI=1S/C16H18N2O3/c1-3-21-15-9-14(17-10-18-15)13(16(19)20)8-12-7-5-4-6-11(12)2/h4-7,9-10,13H,3,8H2,1-2H3,(H,19,20). The first-order valence-corrected chi connectivity index (χ1v) is 6.84. The van der Waals surface area contributed by atoms with Crippen LogP contribution in [-0.2, 0) is 11.2 Å². The molecule has 0 radical (unpaired) electrons. The first-order valence-electron chi connectivity index (χ1n) is 6.84. The first kappa shape index (κ1) is 15.0. The molecule has 1 aromatic carbocycles. The molecule has 1 aromatic heterocycles. The van der Waals surface area contributed by atoms with Gasteiger partial charge in [-0.2, -0.15) is 0 Å². The minimum atomic E-state index is -0.903. The monoisotopic (exact) mass is 286 g/mol. The maximum absolute atomic E-state index is 11.6. The van der Waals surface area contributed by atoms with E-state index in [0.29, 0.717) is 24.6 Å². The molecule has 0 saturated heterocycles. The van der Waals surface area contributed by atoms with E-state index in [4.69, 9.17) is 4.74 Å². The van der Waals surface area contributed by atoms with Crippen molar-refractivity contribution in [1.29, 1.82) is 0 Å². The van der Waals surface area contributed by atoms with Crippen molar-refractivity contribution < 1.29 is 14.6 Å². The molecule has 1 heterocycles. The second-order valence-corrected chi connectivity index (χ2v) is 4.74. The normalized spacial score (nSPS) is 11.9. The molecule has 2 aromatic rings. The van der Waals surface area contributed by atoms with Gasteiger partial charge in [-0.1, -0.05) is 24.3 Å². The van der Waals surface area contributed by atoms with Gasteiger partial charge in [0.2, 0.25) is 5.88 Å². The summed E-state index contributed by atoms with van der Waals surface area (Å²) in [5.41, 5.74) is 2.54. The van der Waals surface area contributed by atoms with Crippen LogP contribution < -0.4 is 4.74 Å². The maximum atomic E-state index is 11.6. The SMILES string of the molecule is CCOc1cc(C(Cc2ccccc2C)C(=O)O)ncn1. The smallest absolute Gasteiger partial charge is 0.312 e. The van der Waals surface area contributed by atoms with Gasteiger partial charge in [-0.25, -0.2) is 9.97 Å². The van der Waals surface area contributed by atoms with Crippen molar-refractivity contribution in [2.45, 2.75) is 26.2 Å². The van der Waals surface area contributed by atoms with Crippen molar-refractivity contribution in [2.75, 3.05) is 6.61 Å². The zero-order valence-electron chi connectivity index (χ0n) is 12.1. The summed E-state index contributed by atoms with van der Waals surface area (Å²) in [5, 5.41) is 9.50. The van der Waals surface area contributed by atoms with Crippen LogP contribution in [0.1, 0.15) is 29.7 Å². The van der Waals surface area contributed by atoms with Gasteiger partial charge in [0.05, 0.1) is 12.3 Å². The van der Waals surface area contributed by atoms with Crippen LogP contribution in [0.2, 0.25) is 0 Å². The maximum Gasteiger partial charge on any atom is 0.312 e. The quantitative estimate of drug-likeness (QED) is 0.883. The van der Waals surface area contributed by atoms with Crippen LogP contribution in [0.25, 0.3) is 0 Å². The number of hydrogen-bond donors (Lipinski definition) is 1. The van der Waals surface area contributed by atoms with E-state index >= 15 is 0 Å². The highest BCUT2D eigenvalue weighted by atomic mass is 16.5. The number of hydrogen-bond acceptors (Lipinski definition) is 4. The van der Waals surface area contributed by atoms with Gasteiger partial charge < -0.3 is 9.84 Å². The second kappa shape index (κ2) is 6.83. The van der Waals surface area contributed by atoms with Gasteiger partial charge in [0, 0.05) is 6.07 Å². The van der Waals surface area contributed by atoms with Crippen molar-refractivity contribution in [3.05, 3.63) is 53.5 Å². The third-order valence-corrected chi connectivity index (χ3v) is 3.30. The lowest BCUT2D eigenvalue weighted by Gasteiger charge is -2.14. The number of ether oxygens (including phenoxy) is 1. The number of aliphatic carboxylic acids is 1. The van der Waals surface area contributed by atoms with E-state index in [9.17, 15) is 9.90 Å². The van der Waals surface area contributed by atoms with Crippen LogP contribution in [0, 0.1) is 6.92 Å². The molecule has 0 aliphatic heterocycles. The predicted octanol–water partition coefficient (Wildman–Crippen LogP) is 2.59. The lowest BCUT2D eigenvalue weighted by molar-refractivity contribution is -0.138. The molecule has 21 heavy (non-hydrogen) atoms. The summed E-state index contributed by atoms with van der Waals surface area (Å²) in [5.74, 6) is -1.22. The van der Waals surface area contributed by atoms with Gasteiger partial charge in [0.1, 0.15) is 12.2 Å². The Morgan fingerprint density at radius 1 is 1.33 bits per heavy atom. The Morgan fingerprint density at radius 2 is 2.10 bits per heavy atom. The summed E-state index contributed by atoms with van der Waals surface area (Å²) >= 11 is 0. The molecule has 110 valence electrons. The van der Waals surface area contributed by atoms with Gasteiger partial charge in [-0.15, -0.1) is 0 Å². The number of rotatable bonds is 6. The van der Waals surface area contributed by atoms with Crippen molar-refractivity contribution in [3.8, 4) is 5.88 Å². The number of aryl methyl sites for hydroxylation is 1. The molecule has 0 aliphatic carbocycles. The van der Waals surface area contributed by atoms with Gasteiger partial charge in [0.15, 0.2) is 0 Å². The summed E-state index contributed by atoms with van der Waals surface area (Å²) in [6.45, 7) is 4.30. The average Bonchev–Trinajstić information content (AvgIpc) is 2.46. The third-order valence-electron chi connectivity index (χ3n) is 3.30. The molecular weight excluding hydrogens is 268 g/mol. The zero-order valence-corrected chi connectivity index (χ0v) is 12.1. The van der Waals surface area contributed by atoms with Gasteiger partial charge in [0.25, 0.3) is 0 Å². The summed E-state index contributed by atoms with van der Waals surface area (Å²) < 4.78 is 5.31. The molecule has 2 rings (SSSR count). The molecule has 1 atom stereocenters. The van der Waals surface area contributed by atoms with Crippen LogP contribution in [0.5, 0.6) is 5.88 Å². The molecular formula is C16H18N2O3. The number of benzene rings is 1. The molecule has 0 spiro atoms. The van der Waals surface area contributed by atoms with Crippen LogP contribution in [0.15, 0.2) is 36.7 Å². The van der Waals surface area contributed by atoms with E-state index in [0.717, 1.165) is 11.1 Å². The topological polar surface area (TPSA) is 72.3 Å². The third kappa shape index (κ3) is 3.78. The molecule has 5 heteroatoms. The molecule has 0 fully saturated rings. The van der Waals surface area contributed by atoms with Crippen LogP contribution in [0.3, 0.4) is 0 Å². The van der Waals surface area contributed by atoms with Crippen LogP contribution in [0.4, 0.5) is 0 Å². The van der Waals surface area contributed by atoms with Crippen molar-refractivity contribution in [1.82, 2.24) is 9.97 Å². The fourth-order valence-electron chi connectivity index (χ4n) is 2.15. The van der Waals surface area contributed by atoms with E-state index in [2.05, 4.69) is 9.97 Å². The highest BCUT2D eigenvalue weighted by molar-refractivity contribution is 5.76. The Hall–Kier alpha value is -2.43. The van der Waals surface area contributed by atoms with Crippen LogP contribution >= 0.6 is 0 Å². The van der Waals surface area contributed by atoms with E-state index in [1.807, 2.05) is 38.1 Å². The molecule has 0 saturated carbocycles. The van der Waals surface area contributed by atoms with Gasteiger partial charge >= 0.3 is 5.97 Å². The second-order valence-electron chi connectivity index (χ2n) is 4.74. The summed E-state index contributed by atoms with van der Waals surface area (Å²) in [6.07, 6.45) is 1.73. The van der Waals surface area contributed by atoms with Gasteiger partial charge in [-0.3, -0.25) is 4.79 Å². The molecule has 0 bridgehead atoms. The molecule has 1 unspecified atom stereocenters. The molecule has 5 nitrogen and oxygen atoms in total. The minimum absolute atomic E-state index is 0.393. The fourth-order valence-corrected chi connectivity index (χ4v) is 2.15. The molecule has 0 amide bonds. The summed E-state index contributed by atoms with van der Waals surface area (Å²) in [7, 11) is 0. The van der Waals surface area contributed by atoms with E-state index in [1.54, 1.807) is 6.07 Å². The Bertz CT molecular complexity index is 628. The van der Waals surface area contributed by atoms with Crippen molar-refractivity contribution in [2.24, 2.45) is 0 Å². The van der Waals surface area contributed by atoms with Crippen molar-refractivity contribution >= 4 is 5.97 Å². The van der Waals surface area contributed by atoms with Crippen molar-refractivity contribution in [3.63, 3.8) is 0 Å². The van der Waals surface area contributed by atoms with E-state index in [1.165, 1.54) is 6.33 Å². The fraction of sp³-hybridized carbons (Fsp3) is 0.312. The first-order chi connectivity index (χ1) is 10.1. The Labute approximate surface area is 123 Å².